The average molecular weight is 365 g/mol. The number of carbonyl (C=O) groups is 2. The van der Waals surface area contributed by atoms with Crippen molar-refractivity contribution in [2.45, 2.75) is 54.4 Å². The van der Waals surface area contributed by atoms with Gasteiger partial charge in [-0.15, -0.1) is 0 Å². The Morgan fingerprint density at radius 3 is 1.26 bits per heavy atom. The number of aldehydes is 2. The summed E-state index contributed by atoms with van der Waals surface area (Å²) >= 11 is 0. The molecule has 0 bridgehead atoms. The van der Waals surface area contributed by atoms with E-state index >= 15 is 0 Å². The van der Waals surface area contributed by atoms with Crippen LogP contribution in [0.15, 0.2) is 0 Å². The van der Waals surface area contributed by atoms with E-state index in [1.165, 1.54) is 0 Å². The summed E-state index contributed by atoms with van der Waals surface area (Å²) < 4.78 is 0. The number of hydrogen-bond donors (Lipinski definition) is 3. The van der Waals surface area contributed by atoms with Crippen molar-refractivity contribution in [2.75, 3.05) is 0 Å². The molecule has 0 unspecified atom stereocenters. The molecule has 0 saturated heterocycles. The molecule has 0 radical (unpaired) electrons. The third-order valence-corrected chi connectivity index (χ3v) is 5.84. The third kappa shape index (κ3) is 2.78. The van der Waals surface area contributed by atoms with Crippen molar-refractivity contribution in [1.29, 1.82) is 0 Å². The summed E-state index contributed by atoms with van der Waals surface area (Å²) in [5.41, 5.74) is 11.8. The molecule has 0 aromatic carbocycles. The number of carbonyl (C=O) groups excluding carboxylic acids is 2. The van der Waals surface area contributed by atoms with Gasteiger partial charge in [-0.25, -0.2) is 0 Å². The monoisotopic (exact) mass is 365 g/mol. The van der Waals surface area contributed by atoms with Crippen LogP contribution in [0.25, 0.3) is 22.8 Å². The van der Waals surface area contributed by atoms with E-state index < -0.39 is 0 Å². The molecule has 0 saturated carbocycles. The van der Waals surface area contributed by atoms with Crippen molar-refractivity contribution in [2.24, 2.45) is 0 Å². The van der Waals surface area contributed by atoms with Crippen LogP contribution in [0.2, 0.25) is 0 Å². The smallest absolute Gasteiger partial charge is 0.166 e. The summed E-state index contributed by atoms with van der Waals surface area (Å²) in [6.45, 7) is 12.3. The van der Waals surface area contributed by atoms with Crippen LogP contribution in [0.1, 0.15) is 68.2 Å². The molecule has 0 spiro atoms. The van der Waals surface area contributed by atoms with Crippen molar-refractivity contribution in [3.05, 3.63) is 44.8 Å². The molecule has 3 aromatic heterocycles. The SMILES string of the molecule is CCc1c(-c2[nH]c(-c3[nH]c(C=O)c(C)c3CC)c(C)c2C)[nH]c(C=O)c1C. The van der Waals surface area contributed by atoms with Gasteiger partial charge < -0.3 is 15.0 Å². The number of nitrogens with one attached hydrogen (secondary N) is 3. The number of hydrogen-bond acceptors (Lipinski definition) is 2. The van der Waals surface area contributed by atoms with Gasteiger partial charge in [0.05, 0.1) is 34.2 Å². The predicted octanol–water partition coefficient (Wildman–Crippen LogP) is 4.99. The highest BCUT2D eigenvalue weighted by Crippen LogP contribution is 2.37. The molecule has 3 heterocycles. The minimum absolute atomic E-state index is 0.628. The molecule has 5 nitrogen and oxygen atoms in total. The van der Waals surface area contributed by atoms with Crippen molar-refractivity contribution < 1.29 is 9.59 Å². The second kappa shape index (κ2) is 7.06. The highest BCUT2D eigenvalue weighted by atomic mass is 16.1. The van der Waals surface area contributed by atoms with Gasteiger partial charge in [-0.3, -0.25) is 9.59 Å². The number of rotatable bonds is 6. The molecule has 0 aliphatic rings. The van der Waals surface area contributed by atoms with E-state index in [1.807, 2.05) is 13.8 Å². The molecule has 0 atom stereocenters. The fourth-order valence-corrected chi connectivity index (χ4v) is 4.04. The Labute approximate surface area is 159 Å². The summed E-state index contributed by atoms with van der Waals surface area (Å²) in [6.07, 6.45) is 3.44. The van der Waals surface area contributed by atoms with Crippen molar-refractivity contribution >= 4 is 12.6 Å². The first-order valence-electron chi connectivity index (χ1n) is 9.42. The van der Waals surface area contributed by atoms with Crippen LogP contribution in [-0.2, 0) is 12.8 Å². The van der Waals surface area contributed by atoms with E-state index in [-0.39, 0.29) is 0 Å². The molecule has 0 amide bonds. The lowest BCUT2D eigenvalue weighted by molar-refractivity contribution is 0.111. The van der Waals surface area contributed by atoms with Crippen LogP contribution in [0.3, 0.4) is 0 Å². The molecule has 0 aliphatic heterocycles. The molecule has 5 heteroatoms. The predicted molar refractivity (Wildman–Crippen MR) is 109 cm³/mol. The van der Waals surface area contributed by atoms with E-state index in [9.17, 15) is 9.59 Å². The minimum Gasteiger partial charge on any atom is -0.352 e. The Balaban J connectivity index is 2.26. The van der Waals surface area contributed by atoms with Crippen LogP contribution in [0, 0.1) is 27.7 Å². The Morgan fingerprint density at radius 2 is 0.963 bits per heavy atom. The van der Waals surface area contributed by atoms with Crippen LogP contribution < -0.4 is 0 Å². The molecule has 142 valence electrons. The fourth-order valence-electron chi connectivity index (χ4n) is 4.04. The number of aromatic nitrogens is 3. The molecule has 0 aliphatic carbocycles. The van der Waals surface area contributed by atoms with Gasteiger partial charge in [0.2, 0.25) is 0 Å². The standard InChI is InChI=1S/C22H27N3O2/c1-7-15-13(5)17(9-26)23-21(15)19-11(3)12(4)20(25-19)22-16(8-2)14(6)18(10-27)24-22/h9-10,23-25H,7-8H2,1-6H3. The maximum absolute atomic E-state index is 11.4. The summed E-state index contributed by atoms with van der Waals surface area (Å²) in [5, 5.41) is 0. The van der Waals surface area contributed by atoms with Gasteiger partial charge >= 0.3 is 0 Å². The zero-order valence-corrected chi connectivity index (χ0v) is 16.9. The van der Waals surface area contributed by atoms with Crippen molar-refractivity contribution in [1.82, 2.24) is 15.0 Å². The van der Waals surface area contributed by atoms with Crippen LogP contribution in [0.4, 0.5) is 0 Å². The van der Waals surface area contributed by atoms with Gasteiger partial charge in [0.25, 0.3) is 0 Å². The van der Waals surface area contributed by atoms with Crippen molar-refractivity contribution in [3.8, 4) is 22.8 Å². The lowest BCUT2D eigenvalue weighted by Gasteiger charge is -2.03. The first-order valence-corrected chi connectivity index (χ1v) is 9.42. The fraction of sp³-hybridized carbons (Fsp3) is 0.364. The van der Waals surface area contributed by atoms with E-state index in [0.29, 0.717) is 11.4 Å². The first-order chi connectivity index (χ1) is 12.9. The van der Waals surface area contributed by atoms with Crippen LogP contribution >= 0.6 is 0 Å². The lowest BCUT2D eigenvalue weighted by Crippen LogP contribution is -1.90. The molecular formula is C22H27N3O2. The molecule has 27 heavy (non-hydrogen) atoms. The zero-order chi connectivity index (χ0) is 19.9. The molecule has 3 N–H and O–H groups in total. The van der Waals surface area contributed by atoms with Crippen molar-refractivity contribution in [3.63, 3.8) is 0 Å². The Bertz CT molecular complexity index is 950. The highest BCUT2D eigenvalue weighted by Gasteiger charge is 2.23. The second-order valence-corrected chi connectivity index (χ2v) is 7.10. The molecule has 3 aromatic rings. The van der Waals surface area contributed by atoms with Crippen LogP contribution in [-0.4, -0.2) is 27.5 Å². The van der Waals surface area contributed by atoms with E-state index in [0.717, 1.165) is 81.6 Å². The largest absolute Gasteiger partial charge is 0.352 e. The highest BCUT2D eigenvalue weighted by molar-refractivity contribution is 5.84. The van der Waals surface area contributed by atoms with Gasteiger partial charge in [-0.2, -0.15) is 0 Å². The Morgan fingerprint density at radius 1 is 0.593 bits per heavy atom. The van der Waals surface area contributed by atoms with Gasteiger partial charge in [0, 0.05) is 0 Å². The van der Waals surface area contributed by atoms with Crippen LogP contribution in [0.5, 0.6) is 0 Å². The number of aromatic amines is 3. The zero-order valence-electron chi connectivity index (χ0n) is 16.9. The Kier molecular flexibility index (Phi) is 4.96. The minimum atomic E-state index is 0.628. The third-order valence-electron chi connectivity index (χ3n) is 5.84. The maximum atomic E-state index is 11.4. The molecular weight excluding hydrogens is 338 g/mol. The lowest BCUT2D eigenvalue weighted by atomic mass is 10.0. The quantitative estimate of drug-likeness (QED) is 0.538. The molecule has 0 fully saturated rings. The van der Waals surface area contributed by atoms with Gasteiger partial charge in [-0.1, -0.05) is 13.8 Å². The first kappa shape index (κ1) is 19.0. The van der Waals surface area contributed by atoms with E-state index in [2.05, 4.69) is 42.6 Å². The number of H-pyrrole nitrogens is 3. The van der Waals surface area contributed by atoms with Gasteiger partial charge in [0.1, 0.15) is 0 Å². The summed E-state index contributed by atoms with van der Waals surface area (Å²) in [7, 11) is 0. The normalized spacial score (nSPS) is 11.2. The van der Waals surface area contributed by atoms with Gasteiger partial charge in [-0.05, 0) is 73.9 Å². The second-order valence-electron chi connectivity index (χ2n) is 7.10. The Hall–Kier alpha value is -2.82. The van der Waals surface area contributed by atoms with E-state index in [1.54, 1.807) is 0 Å². The molecule has 3 rings (SSSR count). The summed E-state index contributed by atoms with van der Waals surface area (Å²) in [6, 6.07) is 0. The summed E-state index contributed by atoms with van der Waals surface area (Å²) in [4.78, 5) is 32.9. The topological polar surface area (TPSA) is 81.5 Å². The summed E-state index contributed by atoms with van der Waals surface area (Å²) in [5.74, 6) is 0. The maximum Gasteiger partial charge on any atom is 0.166 e. The van der Waals surface area contributed by atoms with E-state index in [4.69, 9.17) is 0 Å². The average Bonchev–Trinajstić information content (AvgIpc) is 3.26. The van der Waals surface area contributed by atoms with Gasteiger partial charge in [0.15, 0.2) is 12.6 Å².